The molecule has 0 heterocycles. The van der Waals surface area contributed by atoms with E-state index in [0.717, 1.165) is 43.6 Å². The summed E-state index contributed by atoms with van der Waals surface area (Å²) in [5.41, 5.74) is -0.106. The molecule has 4 aliphatic carbocycles. The molecule has 4 bridgehead atoms. The number of ether oxygens (including phenoxy) is 1. The number of carbonyl (C=O) groups is 1. The summed E-state index contributed by atoms with van der Waals surface area (Å²) in [7, 11) is 4.03. The summed E-state index contributed by atoms with van der Waals surface area (Å²) in [5.74, 6) is 2.64. The molecule has 2 atom stereocenters. The Morgan fingerprint density at radius 1 is 1.16 bits per heavy atom. The first-order valence-corrected chi connectivity index (χ1v) is 7.89. The molecule has 0 spiro atoms. The van der Waals surface area contributed by atoms with Crippen LogP contribution in [0.2, 0.25) is 0 Å². The highest BCUT2D eigenvalue weighted by molar-refractivity contribution is 5.77. The molecule has 0 saturated heterocycles. The second kappa shape index (κ2) is 5.08. The van der Waals surface area contributed by atoms with Crippen LogP contribution in [-0.4, -0.2) is 38.1 Å². The Bertz CT molecular complexity index is 339. The van der Waals surface area contributed by atoms with Gasteiger partial charge in [-0.25, -0.2) is 0 Å². The van der Waals surface area contributed by atoms with Crippen LogP contribution in [0, 0.1) is 23.2 Å². The lowest BCUT2D eigenvalue weighted by Gasteiger charge is -2.43. The molecule has 4 aliphatic rings. The fourth-order valence-electron chi connectivity index (χ4n) is 4.89. The SMILES string of the molecule is CN(C)CCOC(=O)C12CCC3C[C@H](C[C@@H](C3)C1)C2. The predicted molar refractivity (Wildman–Crippen MR) is 74.7 cm³/mol. The van der Waals surface area contributed by atoms with E-state index in [1.807, 2.05) is 14.1 Å². The van der Waals surface area contributed by atoms with E-state index in [-0.39, 0.29) is 11.4 Å². The van der Waals surface area contributed by atoms with Crippen LogP contribution in [0.3, 0.4) is 0 Å². The quantitative estimate of drug-likeness (QED) is 0.732. The lowest BCUT2D eigenvalue weighted by atomic mass is 9.61. The summed E-state index contributed by atoms with van der Waals surface area (Å²) >= 11 is 0. The van der Waals surface area contributed by atoms with Crippen LogP contribution in [0.4, 0.5) is 0 Å². The zero-order valence-electron chi connectivity index (χ0n) is 12.4. The van der Waals surface area contributed by atoms with E-state index >= 15 is 0 Å². The van der Waals surface area contributed by atoms with Crippen molar-refractivity contribution in [2.24, 2.45) is 23.2 Å². The number of rotatable bonds is 4. The van der Waals surface area contributed by atoms with Gasteiger partial charge >= 0.3 is 5.97 Å². The summed E-state index contributed by atoms with van der Waals surface area (Å²) < 4.78 is 5.61. The smallest absolute Gasteiger partial charge is 0.312 e. The van der Waals surface area contributed by atoms with Crippen LogP contribution >= 0.6 is 0 Å². The van der Waals surface area contributed by atoms with Gasteiger partial charge in [-0.1, -0.05) is 0 Å². The number of hydrogen-bond acceptors (Lipinski definition) is 3. The first-order valence-electron chi connectivity index (χ1n) is 7.89. The molecule has 108 valence electrons. The maximum absolute atomic E-state index is 12.6. The second-order valence-corrected chi connectivity index (χ2v) is 7.47. The van der Waals surface area contributed by atoms with Crippen molar-refractivity contribution in [1.29, 1.82) is 0 Å². The van der Waals surface area contributed by atoms with Gasteiger partial charge in [0.1, 0.15) is 6.61 Å². The average molecular weight is 265 g/mol. The summed E-state index contributed by atoms with van der Waals surface area (Å²) in [6.07, 6.45) is 8.71. The van der Waals surface area contributed by atoms with Gasteiger partial charge in [-0.15, -0.1) is 0 Å². The fourth-order valence-corrected chi connectivity index (χ4v) is 4.89. The van der Waals surface area contributed by atoms with Crippen molar-refractivity contribution in [3.05, 3.63) is 0 Å². The van der Waals surface area contributed by atoms with Crippen LogP contribution in [0.25, 0.3) is 0 Å². The predicted octanol–water partition coefficient (Wildman–Crippen LogP) is 2.70. The van der Waals surface area contributed by atoms with E-state index in [9.17, 15) is 4.79 Å². The second-order valence-electron chi connectivity index (χ2n) is 7.47. The minimum Gasteiger partial charge on any atom is -0.464 e. The highest BCUT2D eigenvalue weighted by Gasteiger charge is 2.52. The maximum Gasteiger partial charge on any atom is 0.312 e. The fraction of sp³-hybridized carbons (Fsp3) is 0.938. The van der Waals surface area contributed by atoms with Crippen molar-refractivity contribution in [2.45, 2.75) is 44.9 Å². The number of fused-ring (bicyclic) bond motifs is 1. The molecule has 0 N–H and O–H groups in total. The summed E-state index contributed by atoms with van der Waals surface area (Å²) in [4.78, 5) is 14.7. The maximum atomic E-state index is 12.6. The standard InChI is InChI=1S/C16H27NO2/c1-17(2)5-6-19-15(18)16-4-3-12-7-13(10-16)9-14(8-12)11-16/h12-14H,3-11H2,1-2H3/t12?,13-,14-,16?/m1/s1. The molecule has 4 fully saturated rings. The zero-order valence-corrected chi connectivity index (χ0v) is 12.4. The monoisotopic (exact) mass is 265 g/mol. The molecule has 0 aromatic carbocycles. The first-order chi connectivity index (χ1) is 9.07. The Balaban J connectivity index is 1.66. The van der Waals surface area contributed by atoms with Crippen LogP contribution in [0.15, 0.2) is 0 Å². The molecule has 3 heteroatoms. The molecule has 0 radical (unpaired) electrons. The minimum atomic E-state index is -0.106. The normalized spacial score (nSPS) is 40.5. The van der Waals surface area contributed by atoms with E-state index in [0.29, 0.717) is 6.61 Å². The Morgan fingerprint density at radius 3 is 2.42 bits per heavy atom. The zero-order chi connectivity index (χ0) is 13.5. The molecular weight excluding hydrogens is 238 g/mol. The lowest BCUT2D eigenvalue weighted by Crippen LogP contribution is -2.41. The summed E-state index contributed by atoms with van der Waals surface area (Å²) in [6, 6.07) is 0. The van der Waals surface area contributed by atoms with Gasteiger partial charge in [0.25, 0.3) is 0 Å². The molecule has 0 unspecified atom stereocenters. The van der Waals surface area contributed by atoms with Crippen molar-refractivity contribution in [2.75, 3.05) is 27.2 Å². The van der Waals surface area contributed by atoms with Crippen molar-refractivity contribution in [3.8, 4) is 0 Å². The Kier molecular flexibility index (Phi) is 3.59. The number of nitrogens with zero attached hydrogens (tertiary/aromatic N) is 1. The number of hydrogen-bond donors (Lipinski definition) is 0. The van der Waals surface area contributed by atoms with E-state index in [2.05, 4.69) is 4.90 Å². The molecule has 19 heavy (non-hydrogen) atoms. The van der Waals surface area contributed by atoms with Gasteiger partial charge in [-0.2, -0.15) is 0 Å². The molecule has 0 amide bonds. The lowest BCUT2D eigenvalue weighted by molar-refractivity contribution is -0.161. The van der Waals surface area contributed by atoms with E-state index in [4.69, 9.17) is 4.74 Å². The molecule has 4 saturated carbocycles. The third kappa shape index (κ3) is 2.67. The Labute approximate surface area is 116 Å². The van der Waals surface area contributed by atoms with Crippen molar-refractivity contribution < 1.29 is 9.53 Å². The van der Waals surface area contributed by atoms with Crippen molar-refractivity contribution >= 4 is 5.97 Å². The van der Waals surface area contributed by atoms with Crippen LogP contribution in [-0.2, 0) is 9.53 Å². The molecule has 0 aliphatic heterocycles. The van der Waals surface area contributed by atoms with Crippen LogP contribution in [0.1, 0.15) is 44.9 Å². The van der Waals surface area contributed by atoms with Gasteiger partial charge in [0.2, 0.25) is 0 Å². The Hall–Kier alpha value is -0.570. The van der Waals surface area contributed by atoms with Gasteiger partial charge in [0, 0.05) is 6.54 Å². The van der Waals surface area contributed by atoms with E-state index < -0.39 is 0 Å². The number of carbonyl (C=O) groups excluding carboxylic acids is 1. The van der Waals surface area contributed by atoms with Crippen molar-refractivity contribution in [1.82, 2.24) is 4.90 Å². The molecule has 0 aromatic heterocycles. The van der Waals surface area contributed by atoms with E-state index in [1.165, 1.54) is 25.7 Å². The van der Waals surface area contributed by atoms with Gasteiger partial charge in [0.05, 0.1) is 5.41 Å². The Morgan fingerprint density at radius 2 is 1.79 bits per heavy atom. The third-order valence-electron chi connectivity index (χ3n) is 5.59. The van der Waals surface area contributed by atoms with Gasteiger partial charge in [-0.3, -0.25) is 4.79 Å². The van der Waals surface area contributed by atoms with Crippen molar-refractivity contribution in [3.63, 3.8) is 0 Å². The van der Waals surface area contributed by atoms with Gasteiger partial charge in [-0.05, 0) is 76.8 Å². The summed E-state index contributed by atoms with van der Waals surface area (Å²) in [6.45, 7) is 1.38. The highest BCUT2D eigenvalue weighted by atomic mass is 16.5. The number of esters is 1. The molecule has 3 nitrogen and oxygen atoms in total. The summed E-state index contributed by atoms with van der Waals surface area (Å²) in [5, 5.41) is 0. The molecule has 4 rings (SSSR count). The largest absolute Gasteiger partial charge is 0.464 e. The van der Waals surface area contributed by atoms with E-state index in [1.54, 1.807) is 0 Å². The van der Waals surface area contributed by atoms with Gasteiger partial charge in [0.15, 0.2) is 0 Å². The minimum absolute atomic E-state index is 0.106. The average Bonchev–Trinajstić information content (AvgIpc) is 2.54. The van der Waals surface area contributed by atoms with Crippen LogP contribution < -0.4 is 0 Å². The van der Waals surface area contributed by atoms with Crippen LogP contribution in [0.5, 0.6) is 0 Å². The number of likely N-dealkylation sites (N-methyl/N-ethyl adjacent to an activating group) is 1. The highest BCUT2D eigenvalue weighted by Crippen LogP contribution is 2.57. The first kappa shape index (κ1) is 13.4. The molecular formula is C16H27NO2. The van der Waals surface area contributed by atoms with Gasteiger partial charge < -0.3 is 9.64 Å². The molecule has 0 aromatic rings. The topological polar surface area (TPSA) is 29.5 Å². The third-order valence-corrected chi connectivity index (χ3v) is 5.59.